The van der Waals surface area contributed by atoms with Gasteiger partial charge in [-0.15, -0.1) is 22.7 Å². The fraction of sp³-hybridized carbons (Fsp3) is 0.0417. The van der Waals surface area contributed by atoms with Gasteiger partial charge in [-0.25, -0.2) is 0 Å². The Hall–Kier alpha value is -5.94. The summed E-state index contributed by atoms with van der Waals surface area (Å²) in [4.78, 5) is 26.3. The van der Waals surface area contributed by atoms with E-state index in [1.54, 1.807) is 22.7 Å². The topological polar surface area (TPSA) is 34.1 Å². The van der Waals surface area contributed by atoms with Gasteiger partial charge < -0.3 is 0 Å². The molecule has 0 N–H and O–H groups in total. The average molecular weight is 707 g/mol. The van der Waals surface area contributed by atoms with Crippen LogP contribution in [0.2, 0.25) is 0 Å². The van der Waals surface area contributed by atoms with Crippen molar-refractivity contribution in [3.05, 3.63) is 196 Å². The SMILES string of the molecule is CCC=Cc1cc(-c2ccccc2)c2sc3ccccc3c(=O)c2c1.O=c1c2ccccc2sc2c(-c3ccccc3)cc(-c3ccccc3)cc12. The number of rotatable bonds is 5. The fourth-order valence-corrected chi connectivity index (χ4v) is 9.02. The van der Waals surface area contributed by atoms with Crippen LogP contribution < -0.4 is 10.9 Å². The third-order valence-electron chi connectivity index (χ3n) is 9.20. The number of fused-ring (bicyclic) bond motifs is 4. The third-order valence-corrected chi connectivity index (χ3v) is 11.6. The summed E-state index contributed by atoms with van der Waals surface area (Å²) in [5.74, 6) is 0. The van der Waals surface area contributed by atoms with Crippen molar-refractivity contribution in [2.24, 2.45) is 0 Å². The van der Waals surface area contributed by atoms with Gasteiger partial charge in [0.05, 0.1) is 0 Å². The van der Waals surface area contributed by atoms with E-state index in [9.17, 15) is 9.59 Å². The first-order chi connectivity index (χ1) is 25.6. The van der Waals surface area contributed by atoms with Gasteiger partial charge >= 0.3 is 0 Å². The lowest BCUT2D eigenvalue weighted by Crippen LogP contribution is -2.02. The van der Waals surface area contributed by atoms with Crippen LogP contribution in [0.1, 0.15) is 18.9 Å². The smallest absolute Gasteiger partial charge is 0.195 e. The van der Waals surface area contributed by atoms with Gasteiger partial charge in [-0.05, 0) is 82.8 Å². The first-order valence-electron chi connectivity index (χ1n) is 17.4. The summed E-state index contributed by atoms with van der Waals surface area (Å²) in [6.07, 6.45) is 5.21. The quantitative estimate of drug-likeness (QED) is 0.167. The summed E-state index contributed by atoms with van der Waals surface area (Å²) < 4.78 is 4.17. The van der Waals surface area contributed by atoms with Gasteiger partial charge in [-0.3, -0.25) is 9.59 Å². The summed E-state index contributed by atoms with van der Waals surface area (Å²) in [5, 5.41) is 3.19. The maximum absolute atomic E-state index is 13.3. The maximum Gasteiger partial charge on any atom is 0.195 e. The first kappa shape index (κ1) is 33.2. The molecular weight excluding hydrogens is 673 g/mol. The molecule has 2 aromatic heterocycles. The molecule has 0 fully saturated rings. The highest BCUT2D eigenvalue weighted by molar-refractivity contribution is 7.25. The molecule has 0 amide bonds. The molecule has 2 nitrogen and oxygen atoms in total. The number of hydrogen-bond donors (Lipinski definition) is 0. The van der Waals surface area contributed by atoms with Crippen LogP contribution in [0.15, 0.2) is 179 Å². The highest BCUT2D eigenvalue weighted by Crippen LogP contribution is 2.38. The van der Waals surface area contributed by atoms with Gasteiger partial charge in [0.25, 0.3) is 0 Å². The van der Waals surface area contributed by atoms with E-state index in [1.165, 1.54) is 0 Å². The van der Waals surface area contributed by atoms with Crippen LogP contribution in [0.5, 0.6) is 0 Å². The van der Waals surface area contributed by atoms with Gasteiger partial charge in [0.15, 0.2) is 10.9 Å². The Kier molecular flexibility index (Phi) is 9.41. The Bertz CT molecular complexity index is 2850. The van der Waals surface area contributed by atoms with E-state index in [0.29, 0.717) is 0 Å². The van der Waals surface area contributed by atoms with Crippen molar-refractivity contribution < 1.29 is 0 Å². The van der Waals surface area contributed by atoms with Crippen molar-refractivity contribution in [2.45, 2.75) is 13.3 Å². The Morgan fingerprint density at radius 3 is 1.40 bits per heavy atom. The minimum atomic E-state index is 0.106. The molecule has 0 aliphatic heterocycles. The molecule has 0 saturated carbocycles. The third kappa shape index (κ3) is 6.51. The van der Waals surface area contributed by atoms with Gasteiger partial charge in [-0.1, -0.05) is 134 Å². The van der Waals surface area contributed by atoms with Crippen LogP contribution in [0.25, 0.3) is 79.8 Å². The Balaban J connectivity index is 0.000000149. The van der Waals surface area contributed by atoms with Crippen LogP contribution >= 0.6 is 22.7 Å². The molecule has 0 saturated heterocycles. The molecule has 52 heavy (non-hydrogen) atoms. The second-order valence-electron chi connectivity index (χ2n) is 12.6. The van der Waals surface area contributed by atoms with Crippen molar-refractivity contribution in [1.82, 2.24) is 0 Å². The Morgan fingerprint density at radius 2 is 0.885 bits per heavy atom. The summed E-state index contributed by atoms with van der Waals surface area (Å²) in [5.41, 5.74) is 8.00. The van der Waals surface area contributed by atoms with Crippen LogP contribution in [0.4, 0.5) is 0 Å². The molecule has 0 bridgehead atoms. The molecule has 0 spiro atoms. The number of benzene rings is 7. The zero-order valence-electron chi connectivity index (χ0n) is 28.6. The predicted molar refractivity (Wildman–Crippen MR) is 227 cm³/mol. The van der Waals surface area contributed by atoms with Crippen molar-refractivity contribution in [2.75, 3.05) is 0 Å². The molecule has 0 aliphatic rings. The summed E-state index contributed by atoms with van der Waals surface area (Å²) in [6, 6.07) is 55.1. The molecule has 0 radical (unpaired) electrons. The second-order valence-corrected chi connectivity index (χ2v) is 14.7. The van der Waals surface area contributed by atoms with Crippen molar-refractivity contribution in [3.8, 4) is 33.4 Å². The Morgan fingerprint density at radius 1 is 0.442 bits per heavy atom. The van der Waals surface area contributed by atoms with Crippen LogP contribution in [-0.4, -0.2) is 0 Å². The average Bonchev–Trinajstić information content (AvgIpc) is 3.21. The summed E-state index contributed by atoms with van der Waals surface area (Å²) >= 11 is 3.39. The normalized spacial score (nSPS) is 11.3. The molecule has 7 aromatic carbocycles. The fourth-order valence-electron chi connectivity index (χ4n) is 6.65. The first-order valence-corrected chi connectivity index (χ1v) is 19.0. The molecule has 4 heteroatoms. The maximum atomic E-state index is 13.3. The number of allylic oxidation sites excluding steroid dienone is 1. The minimum absolute atomic E-state index is 0.106. The van der Waals surface area contributed by atoms with E-state index < -0.39 is 0 Å². The molecule has 9 aromatic rings. The van der Waals surface area contributed by atoms with E-state index in [2.05, 4.69) is 67.6 Å². The van der Waals surface area contributed by atoms with Crippen LogP contribution in [0, 0.1) is 0 Å². The van der Waals surface area contributed by atoms with Crippen LogP contribution in [-0.2, 0) is 0 Å². The van der Waals surface area contributed by atoms with Crippen LogP contribution in [0.3, 0.4) is 0 Å². The van der Waals surface area contributed by atoms with E-state index in [0.717, 1.165) is 85.7 Å². The van der Waals surface area contributed by atoms with E-state index in [-0.39, 0.29) is 10.9 Å². The Labute approximate surface area is 310 Å². The molecule has 2 heterocycles. The standard InChI is InChI=1S/C25H16OS.C23H18OS/c26-24-20-13-7-8-14-23(20)27-25-21(18-11-5-2-6-12-18)15-19(16-22(24)25)17-9-3-1-4-10-17;1-2-3-9-16-14-19(17-10-5-4-6-11-17)23-20(15-16)22(24)18-12-7-8-13-21(18)25-23/h1-16H;3-15H,2H2,1H3. The van der Waals surface area contributed by atoms with Crippen molar-refractivity contribution >= 4 is 69.1 Å². The lowest BCUT2D eigenvalue weighted by atomic mass is 9.96. The zero-order valence-corrected chi connectivity index (χ0v) is 30.2. The molecule has 0 aliphatic carbocycles. The highest BCUT2D eigenvalue weighted by atomic mass is 32.1. The zero-order chi connectivity index (χ0) is 35.4. The van der Waals surface area contributed by atoms with Gasteiger partial charge in [0.2, 0.25) is 0 Å². The lowest BCUT2D eigenvalue weighted by molar-refractivity contribution is 1.23. The van der Waals surface area contributed by atoms with E-state index in [4.69, 9.17) is 0 Å². The molecule has 0 unspecified atom stereocenters. The summed E-state index contributed by atoms with van der Waals surface area (Å²) in [6.45, 7) is 2.12. The van der Waals surface area contributed by atoms with E-state index >= 15 is 0 Å². The van der Waals surface area contributed by atoms with Crippen molar-refractivity contribution in [3.63, 3.8) is 0 Å². The number of hydrogen-bond acceptors (Lipinski definition) is 4. The van der Waals surface area contributed by atoms with Gasteiger partial charge in [-0.2, -0.15) is 0 Å². The monoisotopic (exact) mass is 706 g/mol. The van der Waals surface area contributed by atoms with Gasteiger partial charge in [0.1, 0.15) is 0 Å². The highest BCUT2D eigenvalue weighted by Gasteiger charge is 2.14. The van der Waals surface area contributed by atoms with Gasteiger partial charge in [0, 0.05) is 51.5 Å². The minimum Gasteiger partial charge on any atom is -0.289 e. The lowest BCUT2D eigenvalue weighted by Gasteiger charge is -2.11. The molecular formula is C48H34O2S2. The molecule has 250 valence electrons. The predicted octanol–water partition coefficient (Wildman–Crippen LogP) is 13.3. The summed E-state index contributed by atoms with van der Waals surface area (Å²) in [7, 11) is 0. The molecule has 0 atom stereocenters. The van der Waals surface area contributed by atoms with Crippen molar-refractivity contribution in [1.29, 1.82) is 0 Å². The molecule has 9 rings (SSSR count). The largest absolute Gasteiger partial charge is 0.289 e. The second kappa shape index (κ2) is 14.7. The van der Waals surface area contributed by atoms with E-state index in [1.807, 2.05) is 115 Å².